The molecule has 51 heavy (non-hydrogen) atoms. The first kappa shape index (κ1) is 23.3. The van der Waals surface area contributed by atoms with Crippen LogP contribution in [0, 0.1) is 0 Å². The molecule has 0 amide bonds. The van der Waals surface area contributed by atoms with E-state index in [1.807, 2.05) is 114 Å². The highest BCUT2D eigenvalue weighted by molar-refractivity contribution is 6.23. The monoisotopic (exact) mass is 659 g/mol. The Morgan fingerprint density at radius 3 is 2.10 bits per heavy atom. The number of rotatable bonds is 4. The topological polar surface area (TPSA) is 69.9 Å². The van der Waals surface area contributed by atoms with Crippen molar-refractivity contribution < 1.29 is 15.7 Å². The average molecular weight is 660 g/mol. The molecule has 0 bridgehead atoms. The number of hydrogen-bond donors (Lipinski definition) is 0. The fourth-order valence-electron chi connectivity index (χ4n) is 7.34. The molecule has 0 aliphatic heterocycles. The molecule has 238 valence electrons. The van der Waals surface area contributed by atoms with Gasteiger partial charge < -0.3 is 8.83 Å². The number of hydrogen-bond acceptors (Lipinski definition) is 5. The average Bonchev–Trinajstić information content (AvgIpc) is 3.91. The van der Waals surface area contributed by atoms with E-state index in [0.29, 0.717) is 11.1 Å². The highest BCUT2D eigenvalue weighted by Gasteiger charge is 2.22. The van der Waals surface area contributed by atoms with Gasteiger partial charge in [0.15, 0.2) is 11.6 Å². The van der Waals surface area contributed by atoms with Gasteiger partial charge in [-0.05, 0) is 53.6 Å². The zero-order valence-corrected chi connectivity index (χ0v) is 26.7. The molecule has 0 aliphatic rings. The van der Waals surface area contributed by atoms with Crippen LogP contribution in [0.4, 0.5) is 0 Å². The van der Waals surface area contributed by atoms with Crippen molar-refractivity contribution in [1.29, 1.82) is 0 Å². The molecule has 11 rings (SSSR count). The molecular formula is C45H26N4O2. The summed E-state index contributed by atoms with van der Waals surface area (Å²) in [6.45, 7) is 0. The van der Waals surface area contributed by atoms with Crippen LogP contribution in [0.2, 0.25) is 0 Å². The van der Waals surface area contributed by atoms with Gasteiger partial charge in [0.1, 0.15) is 22.3 Å². The lowest BCUT2D eigenvalue weighted by Crippen LogP contribution is -2.06. The second-order valence-electron chi connectivity index (χ2n) is 12.4. The maximum absolute atomic E-state index is 8.85. The lowest BCUT2D eigenvalue weighted by Gasteiger charge is -2.11. The Morgan fingerprint density at radius 2 is 1.22 bits per heavy atom. The molecule has 6 heteroatoms. The maximum Gasteiger partial charge on any atom is 0.238 e. The summed E-state index contributed by atoms with van der Waals surface area (Å²) in [6.07, 6.45) is 0. The maximum atomic E-state index is 8.85. The van der Waals surface area contributed by atoms with Crippen LogP contribution in [0.15, 0.2) is 166 Å². The summed E-state index contributed by atoms with van der Waals surface area (Å²) in [5.41, 5.74) is 7.00. The molecule has 4 aromatic heterocycles. The van der Waals surface area contributed by atoms with Crippen LogP contribution in [0.1, 0.15) is 6.85 Å². The molecule has 11 aromatic rings. The minimum absolute atomic E-state index is 0.0613. The van der Waals surface area contributed by atoms with E-state index in [0.717, 1.165) is 71.2 Å². The van der Waals surface area contributed by atoms with Crippen molar-refractivity contribution in [2.75, 3.05) is 0 Å². The van der Waals surface area contributed by atoms with Gasteiger partial charge in [0.25, 0.3) is 0 Å². The Balaban J connectivity index is 1.20. The fourth-order valence-corrected chi connectivity index (χ4v) is 7.34. The second kappa shape index (κ2) is 10.7. The molecular weight excluding hydrogens is 629 g/mol. The lowest BCUT2D eigenvalue weighted by molar-refractivity contribution is 0.669. The van der Waals surface area contributed by atoms with Gasteiger partial charge in [-0.1, -0.05) is 115 Å². The smallest absolute Gasteiger partial charge is 0.238 e. The van der Waals surface area contributed by atoms with Crippen LogP contribution < -0.4 is 0 Å². The van der Waals surface area contributed by atoms with E-state index in [1.165, 1.54) is 0 Å². The SMILES string of the molecule is [2H]c1c([2H])c([2H])c(-c2nc(-c3ccc4c(c3)oc3cccc(-c5ccccc5)c34)nc(-n3c4ccccc4c4c5oc6ccccc6c5ccc43)n2)c([2H])c1[2H]. The minimum Gasteiger partial charge on any atom is -0.456 e. The predicted molar refractivity (Wildman–Crippen MR) is 205 cm³/mol. The van der Waals surface area contributed by atoms with Crippen LogP contribution in [-0.4, -0.2) is 19.5 Å². The molecule has 0 unspecified atom stereocenters. The van der Waals surface area contributed by atoms with Gasteiger partial charge in [-0.2, -0.15) is 9.97 Å². The Hall–Kier alpha value is -7.05. The van der Waals surface area contributed by atoms with Crippen molar-refractivity contribution in [2.45, 2.75) is 0 Å². The number of aromatic nitrogens is 4. The van der Waals surface area contributed by atoms with Gasteiger partial charge in [-0.3, -0.25) is 4.57 Å². The van der Waals surface area contributed by atoms with E-state index in [2.05, 4.69) is 18.2 Å². The van der Waals surface area contributed by atoms with Gasteiger partial charge in [0.2, 0.25) is 5.95 Å². The first-order chi connectivity index (χ1) is 27.4. The molecule has 0 aliphatic carbocycles. The molecule has 0 saturated carbocycles. The van der Waals surface area contributed by atoms with Gasteiger partial charge in [0, 0.05) is 38.1 Å². The normalized spacial score (nSPS) is 13.3. The van der Waals surface area contributed by atoms with Gasteiger partial charge >= 0.3 is 0 Å². The summed E-state index contributed by atoms with van der Waals surface area (Å²) in [4.78, 5) is 14.8. The van der Waals surface area contributed by atoms with Crippen LogP contribution in [0.5, 0.6) is 0 Å². The van der Waals surface area contributed by atoms with E-state index < -0.39 is 30.2 Å². The molecule has 0 radical (unpaired) electrons. The quantitative estimate of drug-likeness (QED) is 0.188. The zero-order chi connectivity index (χ0) is 37.8. The lowest BCUT2D eigenvalue weighted by atomic mass is 9.99. The summed E-state index contributed by atoms with van der Waals surface area (Å²) < 4.78 is 57.7. The van der Waals surface area contributed by atoms with Crippen molar-refractivity contribution in [3.05, 3.63) is 158 Å². The third kappa shape index (κ3) is 4.20. The Morgan fingerprint density at radius 1 is 0.471 bits per heavy atom. The van der Waals surface area contributed by atoms with E-state index in [9.17, 15) is 0 Å². The third-order valence-corrected chi connectivity index (χ3v) is 9.57. The summed E-state index contributed by atoms with van der Waals surface area (Å²) in [7, 11) is 0. The fraction of sp³-hybridized carbons (Fsp3) is 0. The minimum atomic E-state index is -0.499. The van der Waals surface area contributed by atoms with Crippen LogP contribution in [-0.2, 0) is 0 Å². The number of para-hydroxylation sites is 2. The van der Waals surface area contributed by atoms with Crippen molar-refractivity contribution in [2.24, 2.45) is 0 Å². The third-order valence-electron chi connectivity index (χ3n) is 9.57. The summed E-state index contributed by atoms with van der Waals surface area (Å²) >= 11 is 0. The Labute approximate surface area is 297 Å². The predicted octanol–water partition coefficient (Wildman–Crippen LogP) is 11.8. The molecule has 0 N–H and O–H groups in total. The van der Waals surface area contributed by atoms with Crippen LogP contribution in [0.25, 0.3) is 106 Å². The molecule has 0 spiro atoms. The molecule has 7 aromatic carbocycles. The van der Waals surface area contributed by atoms with E-state index in [4.69, 9.17) is 30.6 Å². The van der Waals surface area contributed by atoms with E-state index >= 15 is 0 Å². The highest BCUT2D eigenvalue weighted by Crippen LogP contribution is 2.41. The van der Waals surface area contributed by atoms with Crippen molar-refractivity contribution in [3.63, 3.8) is 0 Å². The molecule has 4 heterocycles. The van der Waals surface area contributed by atoms with Gasteiger partial charge in [-0.25, -0.2) is 4.98 Å². The number of nitrogens with zero attached hydrogens (tertiary/aromatic N) is 4. The van der Waals surface area contributed by atoms with Gasteiger partial charge in [0.05, 0.1) is 23.3 Å². The summed E-state index contributed by atoms with van der Waals surface area (Å²) in [5.74, 6) is 0.376. The number of fused-ring (bicyclic) bond motifs is 10. The Kier molecular flexibility index (Phi) is 4.91. The number of furan rings is 2. The summed E-state index contributed by atoms with van der Waals surface area (Å²) in [5, 5.41) is 5.67. The largest absolute Gasteiger partial charge is 0.456 e. The van der Waals surface area contributed by atoms with Crippen molar-refractivity contribution in [1.82, 2.24) is 19.5 Å². The number of benzene rings is 7. The first-order valence-corrected chi connectivity index (χ1v) is 16.5. The highest BCUT2D eigenvalue weighted by atomic mass is 16.3. The molecule has 0 saturated heterocycles. The summed E-state index contributed by atoms with van der Waals surface area (Å²) in [6, 6.07) is 39.5. The Bertz CT molecular complexity index is 3420. The van der Waals surface area contributed by atoms with Crippen LogP contribution >= 0.6 is 0 Å². The van der Waals surface area contributed by atoms with Crippen LogP contribution in [0.3, 0.4) is 0 Å². The van der Waals surface area contributed by atoms with Crippen molar-refractivity contribution in [3.8, 4) is 39.9 Å². The van der Waals surface area contributed by atoms with Crippen molar-refractivity contribution >= 4 is 65.7 Å². The first-order valence-electron chi connectivity index (χ1n) is 19.0. The van der Waals surface area contributed by atoms with E-state index in [-0.39, 0.29) is 23.2 Å². The zero-order valence-electron chi connectivity index (χ0n) is 31.7. The molecule has 6 nitrogen and oxygen atoms in total. The second-order valence-corrected chi connectivity index (χ2v) is 12.4. The standard InChI is InChI=1S/C45H26N4O2/c1-3-12-27(13-4-1)30-18-11-21-38-40(30)34-23-22-29(26-39(34)50-38)44-46-43(28-14-5-2-6-15-28)47-45(48-44)49-35-19-9-7-17-33(35)41-36(49)25-24-32-31-16-8-10-20-37(31)51-42(32)41/h1-26H/i2D,5D,6D,14D,15D. The van der Waals surface area contributed by atoms with Gasteiger partial charge in [-0.15, -0.1) is 0 Å². The van der Waals surface area contributed by atoms with E-state index in [1.54, 1.807) is 0 Å². The molecule has 0 atom stereocenters. The molecule has 0 fully saturated rings.